The predicted molar refractivity (Wildman–Crippen MR) is 71.0 cm³/mol. The van der Waals surface area contributed by atoms with Crippen LogP contribution in [0.5, 0.6) is 0 Å². The van der Waals surface area contributed by atoms with Crippen molar-refractivity contribution >= 4 is 29.3 Å². The first kappa shape index (κ1) is 14.3. The minimum absolute atomic E-state index is 0.145. The molecule has 2 unspecified atom stereocenters. The number of primary amides is 1. The molecule has 6 heteroatoms. The van der Waals surface area contributed by atoms with E-state index in [2.05, 4.69) is 4.98 Å². The molecule has 0 aromatic carbocycles. The van der Waals surface area contributed by atoms with E-state index in [1.165, 1.54) is 11.8 Å². The first-order valence-electron chi connectivity index (χ1n) is 5.18. The molecule has 0 spiro atoms. The Hall–Kier alpha value is -0.780. The lowest BCUT2D eigenvalue weighted by Gasteiger charge is -2.23. The van der Waals surface area contributed by atoms with E-state index < -0.39 is 11.4 Å². The number of rotatable bonds is 5. The fourth-order valence-electron chi connectivity index (χ4n) is 1.38. The van der Waals surface area contributed by atoms with Gasteiger partial charge in [-0.25, -0.2) is 4.98 Å². The third-order valence-electron chi connectivity index (χ3n) is 2.30. The molecule has 1 heterocycles. The second-order valence-electron chi connectivity index (χ2n) is 4.23. The van der Waals surface area contributed by atoms with Gasteiger partial charge in [0.15, 0.2) is 0 Å². The van der Waals surface area contributed by atoms with Gasteiger partial charge in [-0.3, -0.25) is 4.79 Å². The average molecular weight is 274 g/mol. The molecule has 2 atom stereocenters. The topological polar surface area (TPSA) is 82.0 Å². The largest absolute Gasteiger partial charge is 0.368 e. The van der Waals surface area contributed by atoms with Crippen molar-refractivity contribution in [2.75, 3.05) is 0 Å². The number of carbonyl (C=O) groups excluding carboxylic acids is 1. The predicted octanol–water partition coefficient (Wildman–Crippen LogP) is 1.81. The summed E-state index contributed by atoms with van der Waals surface area (Å²) in [5.41, 5.74) is 10.0. The van der Waals surface area contributed by atoms with Gasteiger partial charge in [0.05, 0.1) is 15.6 Å². The summed E-state index contributed by atoms with van der Waals surface area (Å²) >= 11 is 7.28. The lowest BCUT2D eigenvalue weighted by Crippen LogP contribution is -2.50. The van der Waals surface area contributed by atoms with Crippen LogP contribution in [0.3, 0.4) is 0 Å². The van der Waals surface area contributed by atoms with Crippen molar-refractivity contribution in [1.82, 2.24) is 4.98 Å². The van der Waals surface area contributed by atoms with Gasteiger partial charge in [-0.05, 0) is 25.5 Å². The maximum atomic E-state index is 11.1. The Morgan fingerprint density at radius 2 is 2.29 bits per heavy atom. The number of nitrogens with two attached hydrogens (primary N) is 2. The van der Waals surface area contributed by atoms with Gasteiger partial charge in [0, 0.05) is 11.4 Å². The molecule has 1 aromatic rings. The van der Waals surface area contributed by atoms with Crippen molar-refractivity contribution < 1.29 is 4.79 Å². The molecule has 0 aliphatic carbocycles. The summed E-state index contributed by atoms with van der Waals surface area (Å²) in [6, 6.07) is 3.61. The highest BCUT2D eigenvalue weighted by molar-refractivity contribution is 7.99. The number of thioether (sulfide) groups is 1. The third-order valence-corrected chi connectivity index (χ3v) is 3.57. The summed E-state index contributed by atoms with van der Waals surface area (Å²) in [6.07, 6.45) is 2.09. The molecule has 17 heavy (non-hydrogen) atoms. The van der Waals surface area contributed by atoms with Crippen molar-refractivity contribution in [2.45, 2.75) is 36.1 Å². The molecular weight excluding hydrogens is 258 g/mol. The molecule has 0 saturated heterocycles. The molecule has 0 saturated carbocycles. The van der Waals surface area contributed by atoms with E-state index in [0.717, 1.165) is 5.03 Å². The molecule has 1 aromatic heterocycles. The monoisotopic (exact) mass is 273 g/mol. The average Bonchev–Trinajstić information content (AvgIpc) is 2.20. The lowest BCUT2D eigenvalue weighted by atomic mass is 9.97. The van der Waals surface area contributed by atoms with Crippen molar-refractivity contribution in [3.05, 3.63) is 23.4 Å². The Balaban J connectivity index is 2.58. The molecule has 4 nitrogen and oxygen atoms in total. The number of halogens is 1. The standard InChI is InChI=1S/C11H16ClN3OS/c1-7(5-11(2,14)10(13)16)17-9-4-3-8(12)6-15-9/h3-4,6-7H,5,14H2,1-2H3,(H2,13,16). The highest BCUT2D eigenvalue weighted by Crippen LogP contribution is 2.26. The summed E-state index contributed by atoms with van der Waals surface area (Å²) in [7, 11) is 0. The molecule has 0 bridgehead atoms. The fourth-order valence-corrected chi connectivity index (χ4v) is 2.59. The third kappa shape index (κ3) is 4.53. The molecule has 0 aliphatic heterocycles. The number of aromatic nitrogens is 1. The highest BCUT2D eigenvalue weighted by Gasteiger charge is 2.28. The summed E-state index contributed by atoms with van der Waals surface area (Å²) in [6.45, 7) is 3.62. The van der Waals surface area contributed by atoms with E-state index in [4.69, 9.17) is 23.1 Å². The smallest absolute Gasteiger partial charge is 0.237 e. The van der Waals surface area contributed by atoms with Crippen molar-refractivity contribution in [2.24, 2.45) is 11.5 Å². The summed E-state index contributed by atoms with van der Waals surface area (Å²) in [5.74, 6) is -0.492. The lowest BCUT2D eigenvalue weighted by molar-refractivity contribution is -0.122. The van der Waals surface area contributed by atoms with E-state index in [-0.39, 0.29) is 5.25 Å². The van der Waals surface area contributed by atoms with Gasteiger partial charge in [-0.15, -0.1) is 11.8 Å². The molecule has 1 rings (SSSR count). The normalized spacial score (nSPS) is 16.2. The van der Waals surface area contributed by atoms with Crippen LogP contribution in [0.2, 0.25) is 5.02 Å². The zero-order chi connectivity index (χ0) is 13.1. The van der Waals surface area contributed by atoms with Crippen LogP contribution in [-0.2, 0) is 4.79 Å². The van der Waals surface area contributed by atoms with Crippen LogP contribution in [0.4, 0.5) is 0 Å². The van der Waals surface area contributed by atoms with Crippen molar-refractivity contribution in [3.63, 3.8) is 0 Å². The first-order chi connectivity index (χ1) is 7.81. The van der Waals surface area contributed by atoms with E-state index in [1.54, 1.807) is 19.2 Å². The van der Waals surface area contributed by atoms with E-state index in [1.807, 2.05) is 13.0 Å². The summed E-state index contributed by atoms with van der Waals surface area (Å²) < 4.78 is 0. The maximum absolute atomic E-state index is 11.1. The van der Waals surface area contributed by atoms with Crippen LogP contribution in [-0.4, -0.2) is 21.7 Å². The second-order valence-corrected chi connectivity index (χ2v) is 6.12. The SMILES string of the molecule is CC(CC(C)(N)C(N)=O)Sc1ccc(Cl)cn1. The molecule has 94 valence electrons. The Kier molecular flexibility index (Phi) is 4.80. The van der Waals surface area contributed by atoms with Crippen LogP contribution in [0, 0.1) is 0 Å². The van der Waals surface area contributed by atoms with Crippen molar-refractivity contribution in [1.29, 1.82) is 0 Å². The Morgan fingerprint density at radius 1 is 1.65 bits per heavy atom. The van der Waals surface area contributed by atoms with Crippen LogP contribution >= 0.6 is 23.4 Å². The Bertz CT molecular complexity index is 394. The Labute approximate surface area is 110 Å². The molecule has 4 N–H and O–H groups in total. The molecule has 1 amide bonds. The maximum Gasteiger partial charge on any atom is 0.237 e. The molecule has 0 fully saturated rings. The van der Waals surface area contributed by atoms with Gasteiger partial charge in [0.25, 0.3) is 0 Å². The van der Waals surface area contributed by atoms with Gasteiger partial charge >= 0.3 is 0 Å². The zero-order valence-corrected chi connectivity index (χ0v) is 11.4. The quantitative estimate of drug-likeness (QED) is 0.802. The number of hydrogen-bond acceptors (Lipinski definition) is 4. The van der Waals surface area contributed by atoms with Crippen LogP contribution < -0.4 is 11.5 Å². The number of pyridine rings is 1. The number of carbonyl (C=O) groups is 1. The molecular formula is C11H16ClN3OS. The summed E-state index contributed by atoms with van der Waals surface area (Å²) in [4.78, 5) is 15.3. The first-order valence-corrected chi connectivity index (χ1v) is 6.44. The zero-order valence-electron chi connectivity index (χ0n) is 9.81. The van der Waals surface area contributed by atoms with Crippen molar-refractivity contribution in [3.8, 4) is 0 Å². The van der Waals surface area contributed by atoms with Gasteiger partial charge in [0.2, 0.25) is 5.91 Å². The minimum atomic E-state index is -0.987. The van der Waals surface area contributed by atoms with E-state index >= 15 is 0 Å². The van der Waals surface area contributed by atoms with E-state index in [0.29, 0.717) is 11.4 Å². The van der Waals surface area contributed by atoms with Crippen LogP contribution in [0.15, 0.2) is 23.4 Å². The molecule has 0 aliphatic rings. The second kappa shape index (κ2) is 5.71. The Morgan fingerprint density at radius 3 is 2.76 bits per heavy atom. The van der Waals surface area contributed by atoms with Crippen LogP contribution in [0.1, 0.15) is 20.3 Å². The van der Waals surface area contributed by atoms with Gasteiger partial charge in [-0.2, -0.15) is 0 Å². The number of hydrogen-bond donors (Lipinski definition) is 2. The van der Waals surface area contributed by atoms with Gasteiger partial charge in [-0.1, -0.05) is 18.5 Å². The number of nitrogens with zero attached hydrogens (tertiary/aromatic N) is 1. The highest BCUT2D eigenvalue weighted by atomic mass is 35.5. The van der Waals surface area contributed by atoms with Crippen LogP contribution in [0.25, 0.3) is 0 Å². The molecule has 0 radical (unpaired) electrons. The number of amides is 1. The minimum Gasteiger partial charge on any atom is -0.368 e. The fraction of sp³-hybridized carbons (Fsp3) is 0.455. The summed E-state index contributed by atoms with van der Waals surface area (Å²) in [5, 5.41) is 1.59. The van der Waals surface area contributed by atoms with Gasteiger partial charge < -0.3 is 11.5 Å². The van der Waals surface area contributed by atoms with E-state index in [9.17, 15) is 4.79 Å². The van der Waals surface area contributed by atoms with Gasteiger partial charge in [0.1, 0.15) is 0 Å².